The number of likely N-dealkylation sites (N-methyl/N-ethyl adjacent to an activating group) is 1. The van der Waals surface area contributed by atoms with Crippen LogP contribution in [-0.2, 0) is 16.4 Å². The molecule has 0 heterocycles. The van der Waals surface area contributed by atoms with Crippen LogP contribution in [0.4, 0.5) is 10.1 Å². The van der Waals surface area contributed by atoms with Crippen molar-refractivity contribution >= 4 is 33.3 Å². The molecular formula is C20H24ClFN2O4S. The van der Waals surface area contributed by atoms with Gasteiger partial charge in [0.2, 0.25) is 10.0 Å². The molecule has 2 aromatic carbocycles. The van der Waals surface area contributed by atoms with Crippen molar-refractivity contribution in [3.05, 3.63) is 58.4 Å². The van der Waals surface area contributed by atoms with Crippen LogP contribution >= 0.6 is 11.6 Å². The van der Waals surface area contributed by atoms with E-state index in [1.807, 2.05) is 0 Å². The Morgan fingerprint density at radius 2 is 1.72 bits per heavy atom. The summed E-state index contributed by atoms with van der Waals surface area (Å²) < 4.78 is 41.6. The minimum Gasteiger partial charge on any atom is -0.478 e. The Labute approximate surface area is 175 Å². The van der Waals surface area contributed by atoms with Crippen molar-refractivity contribution in [1.82, 2.24) is 4.31 Å². The number of hydrogen-bond donors (Lipinski definition) is 1. The number of carboxylic acids is 1. The molecule has 0 unspecified atom stereocenters. The molecule has 2 rings (SSSR count). The molecule has 0 saturated carbocycles. The summed E-state index contributed by atoms with van der Waals surface area (Å²) in [5.74, 6) is -2.26. The molecule has 2 aromatic rings. The van der Waals surface area contributed by atoms with Gasteiger partial charge in [0.25, 0.3) is 0 Å². The number of aromatic carboxylic acids is 1. The Balaban J connectivity index is 2.35. The summed E-state index contributed by atoms with van der Waals surface area (Å²) in [6.45, 7) is 4.46. The number of carboxylic acid groups (broad SMARTS) is 1. The summed E-state index contributed by atoms with van der Waals surface area (Å²) in [6, 6.07) is 8.92. The van der Waals surface area contributed by atoms with E-state index >= 15 is 0 Å². The Morgan fingerprint density at radius 1 is 1.14 bits per heavy atom. The molecule has 0 atom stereocenters. The maximum atomic E-state index is 14.8. The first-order valence-electron chi connectivity index (χ1n) is 9.14. The third-order valence-electron chi connectivity index (χ3n) is 4.68. The van der Waals surface area contributed by atoms with Crippen LogP contribution in [-0.4, -0.2) is 50.5 Å². The van der Waals surface area contributed by atoms with Crippen LogP contribution in [0.5, 0.6) is 0 Å². The van der Waals surface area contributed by atoms with Gasteiger partial charge in [0.1, 0.15) is 5.82 Å². The van der Waals surface area contributed by atoms with Gasteiger partial charge >= 0.3 is 5.97 Å². The first kappa shape index (κ1) is 23.1. The van der Waals surface area contributed by atoms with Crippen LogP contribution < -0.4 is 4.90 Å². The van der Waals surface area contributed by atoms with Crippen LogP contribution in [0.3, 0.4) is 0 Å². The number of rotatable bonds is 9. The SMILES string of the molecule is CCN(CC)c1c(F)cc(S(=O)(=O)N(C)CCc2ccc(Cl)cc2)cc1C(=O)O. The third kappa shape index (κ3) is 5.26. The van der Waals surface area contributed by atoms with Gasteiger partial charge in [-0.05, 0) is 50.1 Å². The van der Waals surface area contributed by atoms with E-state index in [-0.39, 0.29) is 22.7 Å². The van der Waals surface area contributed by atoms with Crippen molar-refractivity contribution in [2.24, 2.45) is 0 Å². The number of hydrogen-bond acceptors (Lipinski definition) is 4. The molecule has 0 aromatic heterocycles. The van der Waals surface area contributed by atoms with Crippen molar-refractivity contribution in [2.75, 3.05) is 31.6 Å². The zero-order valence-corrected chi connectivity index (χ0v) is 18.1. The Morgan fingerprint density at radius 3 is 2.24 bits per heavy atom. The highest BCUT2D eigenvalue weighted by molar-refractivity contribution is 7.89. The molecule has 0 spiro atoms. The van der Waals surface area contributed by atoms with Gasteiger partial charge in [0, 0.05) is 31.7 Å². The zero-order valence-electron chi connectivity index (χ0n) is 16.5. The van der Waals surface area contributed by atoms with Crippen molar-refractivity contribution in [2.45, 2.75) is 25.2 Å². The van der Waals surface area contributed by atoms with Crippen molar-refractivity contribution in [3.8, 4) is 0 Å². The average Bonchev–Trinajstić information content (AvgIpc) is 2.68. The van der Waals surface area contributed by atoms with Gasteiger partial charge in [0.05, 0.1) is 16.1 Å². The van der Waals surface area contributed by atoms with Gasteiger partial charge in [-0.3, -0.25) is 0 Å². The molecule has 0 aliphatic rings. The predicted molar refractivity (Wildman–Crippen MR) is 112 cm³/mol. The van der Waals surface area contributed by atoms with Crippen LogP contribution in [0, 0.1) is 5.82 Å². The fourth-order valence-corrected chi connectivity index (χ4v) is 4.32. The lowest BCUT2D eigenvalue weighted by molar-refractivity contribution is 0.0696. The fraction of sp³-hybridized carbons (Fsp3) is 0.350. The lowest BCUT2D eigenvalue weighted by atomic mass is 10.1. The maximum absolute atomic E-state index is 14.8. The summed E-state index contributed by atoms with van der Waals surface area (Å²) >= 11 is 5.84. The molecule has 6 nitrogen and oxygen atoms in total. The highest BCUT2D eigenvalue weighted by Crippen LogP contribution is 2.29. The first-order chi connectivity index (χ1) is 13.6. The van der Waals surface area contributed by atoms with Crippen LogP contribution in [0.1, 0.15) is 29.8 Å². The summed E-state index contributed by atoms with van der Waals surface area (Å²) in [7, 11) is -2.69. The van der Waals surface area contributed by atoms with E-state index in [2.05, 4.69) is 0 Å². The van der Waals surface area contributed by atoms with Gasteiger partial charge in [-0.15, -0.1) is 0 Å². The number of sulfonamides is 1. The topological polar surface area (TPSA) is 77.9 Å². The molecule has 0 aliphatic carbocycles. The van der Waals surface area contributed by atoms with Crippen molar-refractivity contribution in [1.29, 1.82) is 0 Å². The fourth-order valence-electron chi connectivity index (χ4n) is 2.99. The van der Waals surface area contributed by atoms with Gasteiger partial charge < -0.3 is 10.0 Å². The molecule has 0 amide bonds. The van der Waals surface area contributed by atoms with E-state index in [9.17, 15) is 22.7 Å². The number of carbonyl (C=O) groups is 1. The van der Waals surface area contributed by atoms with Crippen molar-refractivity contribution in [3.63, 3.8) is 0 Å². The Bertz CT molecular complexity index is 977. The van der Waals surface area contributed by atoms with Crippen LogP contribution in [0.2, 0.25) is 5.02 Å². The molecule has 0 radical (unpaired) electrons. The molecule has 0 fully saturated rings. The second-order valence-electron chi connectivity index (χ2n) is 6.48. The molecule has 1 N–H and O–H groups in total. The van der Waals surface area contributed by atoms with E-state index in [0.717, 1.165) is 22.0 Å². The number of benzene rings is 2. The van der Waals surface area contributed by atoms with Gasteiger partial charge in [0.15, 0.2) is 0 Å². The van der Waals surface area contributed by atoms with Crippen molar-refractivity contribution < 1.29 is 22.7 Å². The molecular weight excluding hydrogens is 419 g/mol. The Hall–Kier alpha value is -2.16. The largest absolute Gasteiger partial charge is 0.478 e. The van der Waals surface area contributed by atoms with E-state index in [4.69, 9.17) is 11.6 Å². The lowest BCUT2D eigenvalue weighted by Gasteiger charge is -2.25. The molecule has 29 heavy (non-hydrogen) atoms. The first-order valence-corrected chi connectivity index (χ1v) is 11.0. The minimum absolute atomic E-state index is 0.106. The average molecular weight is 443 g/mol. The normalized spacial score (nSPS) is 11.7. The van der Waals surface area contributed by atoms with Gasteiger partial charge in [-0.2, -0.15) is 0 Å². The van der Waals surface area contributed by atoms with Gasteiger partial charge in [-0.1, -0.05) is 23.7 Å². The van der Waals surface area contributed by atoms with Crippen LogP contribution in [0.25, 0.3) is 0 Å². The van der Waals surface area contributed by atoms with Gasteiger partial charge in [-0.25, -0.2) is 21.9 Å². The lowest BCUT2D eigenvalue weighted by Crippen LogP contribution is -2.30. The number of halogens is 2. The summed E-state index contributed by atoms with van der Waals surface area (Å²) in [4.78, 5) is 12.8. The number of anilines is 1. The third-order valence-corrected chi connectivity index (χ3v) is 6.77. The van der Waals surface area contributed by atoms with Crippen LogP contribution in [0.15, 0.2) is 41.3 Å². The summed E-state index contributed by atoms with van der Waals surface area (Å²) in [6.07, 6.45) is 0.429. The molecule has 9 heteroatoms. The summed E-state index contributed by atoms with van der Waals surface area (Å²) in [5, 5.41) is 10.1. The highest BCUT2D eigenvalue weighted by Gasteiger charge is 2.27. The quantitative estimate of drug-likeness (QED) is 0.637. The predicted octanol–water partition coefficient (Wildman–Crippen LogP) is 3.89. The molecule has 0 saturated heterocycles. The van der Waals surface area contributed by atoms with E-state index in [1.165, 1.54) is 7.05 Å². The smallest absolute Gasteiger partial charge is 0.337 e. The second-order valence-corrected chi connectivity index (χ2v) is 8.96. The maximum Gasteiger partial charge on any atom is 0.337 e. The minimum atomic E-state index is -4.07. The summed E-state index contributed by atoms with van der Waals surface area (Å²) in [5.41, 5.74) is 0.411. The second kappa shape index (κ2) is 9.56. The van der Waals surface area contributed by atoms with E-state index in [1.54, 1.807) is 43.0 Å². The molecule has 0 bridgehead atoms. The zero-order chi connectivity index (χ0) is 21.8. The number of nitrogens with zero attached hydrogens (tertiary/aromatic N) is 2. The molecule has 158 valence electrons. The highest BCUT2D eigenvalue weighted by atomic mass is 35.5. The van der Waals surface area contributed by atoms with E-state index < -0.39 is 21.8 Å². The standard InChI is InChI=1S/C20H24ClFN2O4S/c1-4-24(5-2)19-17(20(25)26)12-16(13-18(19)22)29(27,28)23(3)11-10-14-6-8-15(21)9-7-14/h6-9,12-13H,4-5,10-11H2,1-3H3,(H,25,26). The Kier molecular flexibility index (Phi) is 7.62. The molecule has 0 aliphatic heterocycles. The van der Waals surface area contributed by atoms with E-state index in [0.29, 0.717) is 24.5 Å². The monoisotopic (exact) mass is 442 g/mol.